The SMILES string of the molecule is C[C@H](CO)N1CCN(c2cccccc2=O)CC1. The minimum absolute atomic E-state index is 0.0728. The van der Waals surface area contributed by atoms with E-state index in [4.69, 9.17) is 5.11 Å². The number of rotatable bonds is 3. The summed E-state index contributed by atoms with van der Waals surface area (Å²) in [6, 6.07) is 9.24. The van der Waals surface area contributed by atoms with Crippen LogP contribution in [0.3, 0.4) is 0 Å². The lowest BCUT2D eigenvalue weighted by Gasteiger charge is -2.38. The summed E-state index contributed by atoms with van der Waals surface area (Å²) in [5, 5.41) is 9.14. The fourth-order valence-corrected chi connectivity index (χ4v) is 2.30. The Morgan fingerprint density at radius 3 is 2.50 bits per heavy atom. The van der Waals surface area contributed by atoms with Crippen molar-refractivity contribution >= 4 is 5.69 Å². The highest BCUT2D eigenvalue weighted by Crippen LogP contribution is 2.12. The van der Waals surface area contributed by atoms with Crippen LogP contribution in [0.2, 0.25) is 0 Å². The lowest BCUT2D eigenvalue weighted by Crippen LogP contribution is -2.51. The van der Waals surface area contributed by atoms with Gasteiger partial charge in [-0.2, -0.15) is 0 Å². The van der Waals surface area contributed by atoms with E-state index < -0.39 is 0 Å². The molecule has 1 saturated heterocycles. The van der Waals surface area contributed by atoms with E-state index in [9.17, 15) is 4.79 Å². The average Bonchev–Trinajstić information content (AvgIpc) is 2.63. The van der Waals surface area contributed by atoms with Crippen LogP contribution in [0.15, 0.2) is 35.1 Å². The maximum absolute atomic E-state index is 11.9. The molecule has 0 amide bonds. The van der Waals surface area contributed by atoms with Crippen molar-refractivity contribution in [2.24, 2.45) is 0 Å². The van der Waals surface area contributed by atoms with E-state index in [0.29, 0.717) is 0 Å². The number of nitrogens with zero attached hydrogens (tertiary/aromatic N) is 2. The Morgan fingerprint density at radius 2 is 1.83 bits per heavy atom. The molecule has 1 atom stereocenters. The molecule has 98 valence electrons. The largest absolute Gasteiger partial charge is 0.395 e. The summed E-state index contributed by atoms with van der Waals surface area (Å²) >= 11 is 0. The number of piperazine rings is 1. The maximum Gasteiger partial charge on any atom is 0.201 e. The molecule has 0 aliphatic carbocycles. The molecule has 0 radical (unpaired) electrons. The van der Waals surface area contributed by atoms with Crippen molar-refractivity contribution in [2.75, 3.05) is 37.7 Å². The van der Waals surface area contributed by atoms with E-state index in [-0.39, 0.29) is 18.1 Å². The number of hydrogen-bond donors (Lipinski definition) is 1. The Kier molecular flexibility index (Phi) is 4.33. The topological polar surface area (TPSA) is 43.8 Å². The molecule has 0 bridgehead atoms. The van der Waals surface area contributed by atoms with Crippen LogP contribution in [-0.4, -0.2) is 48.8 Å². The summed E-state index contributed by atoms with van der Waals surface area (Å²) in [6.45, 7) is 5.66. The molecule has 4 heteroatoms. The van der Waals surface area contributed by atoms with Crippen molar-refractivity contribution in [1.29, 1.82) is 0 Å². The van der Waals surface area contributed by atoms with E-state index in [2.05, 4.69) is 9.80 Å². The first-order valence-electron chi connectivity index (χ1n) is 6.41. The number of aliphatic hydroxyl groups excluding tert-OH is 1. The van der Waals surface area contributed by atoms with Gasteiger partial charge in [-0.1, -0.05) is 18.2 Å². The Hall–Kier alpha value is -1.39. The van der Waals surface area contributed by atoms with Gasteiger partial charge in [-0.05, 0) is 19.1 Å². The summed E-state index contributed by atoms with van der Waals surface area (Å²) in [7, 11) is 0. The number of aliphatic hydroxyl groups is 1. The van der Waals surface area contributed by atoms with Gasteiger partial charge < -0.3 is 10.0 Å². The number of anilines is 1. The molecule has 1 aromatic rings. The quantitative estimate of drug-likeness (QED) is 0.848. The molecular formula is C14H20N2O2. The van der Waals surface area contributed by atoms with E-state index in [1.807, 2.05) is 25.1 Å². The molecule has 1 aliphatic rings. The molecule has 0 unspecified atom stereocenters. The summed E-state index contributed by atoms with van der Waals surface area (Å²) in [5.74, 6) is 0. The lowest BCUT2D eigenvalue weighted by molar-refractivity contribution is 0.128. The van der Waals surface area contributed by atoms with Gasteiger partial charge in [-0.3, -0.25) is 9.69 Å². The molecule has 1 heterocycles. The molecule has 4 nitrogen and oxygen atoms in total. The van der Waals surface area contributed by atoms with Crippen molar-refractivity contribution in [3.63, 3.8) is 0 Å². The second-order valence-corrected chi connectivity index (χ2v) is 4.71. The summed E-state index contributed by atoms with van der Waals surface area (Å²) in [4.78, 5) is 16.3. The van der Waals surface area contributed by atoms with Crippen LogP contribution in [0, 0.1) is 0 Å². The molecule has 2 rings (SSSR count). The minimum atomic E-state index is 0.0728. The van der Waals surface area contributed by atoms with Crippen LogP contribution in [0.5, 0.6) is 0 Å². The van der Waals surface area contributed by atoms with Gasteiger partial charge in [0, 0.05) is 32.2 Å². The van der Waals surface area contributed by atoms with Gasteiger partial charge in [0.25, 0.3) is 0 Å². The van der Waals surface area contributed by atoms with Crippen LogP contribution in [0.1, 0.15) is 6.92 Å². The van der Waals surface area contributed by atoms with Gasteiger partial charge in [0.05, 0.1) is 12.3 Å². The third-order valence-corrected chi connectivity index (χ3v) is 3.52. The Labute approximate surface area is 107 Å². The van der Waals surface area contributed by atoms with Crippen molar-refractivity contribution in [1.82, 2.24) is 4.90 Å². The standard InChI is InChI=1S/C14H20N2O2/c1-12(11-17)15-7-9-16(10-8-15)13-5-3-2-4-6-14(13)18/h2-6,12,17H,7-11H2,1H3/t12-/m1/s1. The molecule has 0 aromatic heterocycles. The molecule has 18 heavy (non-hydrogen) atoms. The maximum atomic E-state index is 11.9. The highest BCUT2D eigenvalue weighted by Gasteiger charge is 2.21. The highest BCUT2D eigenvalue weighted by molar-refractivity contribution is 5.45. The third-order valence-electron chi connectivity index (χ3n) is 3.52. The fourth-order valence-electron chi connectivity index (χ4n) is 2.30. The van der Waals surface area contributed by atoms with Gasteiger partial charge in [-0.15, -0.1) is 0 Å². The zero-order valence-corrected chi connectivity index (χ0v) is 10.7. The van der Waals surface area contributed by atoms with Crippen molar-refractivity contribution < 1.29 is 5.11 Å². The molecule has 0 saturated carbocycles. The molecule has 1 N–H and O–H groups in total. The molecule has 0 spiro atoms. The van der Waals surface area contributed by atoms with Gasteiger partial charge in [-0.25, -0.2) is 0 Å². The Balaban J connectivity index is 2.06. The zero-order valence-electron chi connectivity index (χ0n) is 10.7. The van der Waals surface area contributed by atoms with Crippen LogP contribution < -0.4 is 10.3 Å². The first-order valence-corrected chi connectivity index (χ1v) is 6.41. The fraction of sp³-hybridized carbons (Fsp3) is 0.500. The Morgan fingerprint density at radius 1 is 1.17 bits per heavy atom. The number of hydrogen-bond acceptors (Lipinski definition) is 4. The zero-order chi connectivity index (χ0) is 13.0. The van der Waals surface area contributed by atoms with E-state index in [1.54, 1.807) is 12.1 Å². The third kappa shape index (κ3) is 2.89. The van der Waals surface area contributed by atoms with Gasteiger partial charge in [0.2, 0.25) is 5.43 Å². The van der Waals surface area contributed by atoms with E-state index >= 15 is 0 Å². The molecule has 1 aromatic carbocycles. The van der Waals surface area contributed by atoms with E-state index in [1.165, 1.54) is 0 Å². The lowest BCUT2D eigenvalue weighted by atomic mass is 10.2. The van der Waals surface area contributed by atoms with Crippen molar-refractivity contribution in [3.8, 4) is 0 Å². The predicted molar refractivity (Wildman–Crippen MR) is 73.0 cm³/mol. The van der Waals surface area contributed by atoms with Gasteiger partial charge in [0.15, 0.2) is 0 Å². The van der Waals surface area contributed by atoms with Crippen molar-refractivity contribution in [2.45, 2.75) is 13.0 Å². The van der Waals surface area contributed by atoms with Crippen LogP contribution >= 0.6 is 0 Å². The minimum Gasteiger partial charge on any atom is -0.395 e. The van der Waals surface area contributed by atoms with E-state index in [0.717, 1.165) is 31.9 Å². The predicted octanol–water partition coefficient (Wildman–Crippen LogP) is 0.550. The van der Waals surface area contributed by atoms with Crippen LogP contribution in [0.4, 0.5) is 5.69 Å². The van der Waals surface area contributed by atoms with Crippen LogP contribution in [-0.2, 0) is 0 Å². The van der Waals surface area contributed by atoms with Crippen molar-refractivity contribution in [3.05, 3.63) is 40.6 Å². The second kappa shape index (κ2) is 5.98. The summed E-state index contributed by atoms with van der Waals surface area (Å²) in [6.07, 6.45) is 0. The summed E-state index contributed by atoms with van der Waals surface area (Å²) in [5.41, 5.74) is 0.847. The monoisotopic (exact) mass is 248 g/mol. The molecular weight excluding hydrogens is 228 g/mol. The average molecular weight is 248 g/mol. The Bertz CT molecular complexity index is 442. The second-order valence-electron chi connectivity index (χ2n) is 4.71. The van der Waals surface area contributed by atoms with Gasteiger partial charge >= 0.3 is 0 Å². The molecule has 1 fully saturated rings. The normalized spacial score (nSPS) is 18.7. The van der Waals surface area contributed by atoms with Crippen LogP contribution in [0.25, 0.3) is 0 Å². The van der Waals surface area contributed by atoms with Gasteiger partial charge in [0.1, 0.15) is 0 Å². The first-order chi connectivity index (χ1) is 8.72. The summed E-state index contributed by atoms with van der Waals surface area (Å²) < 4.78 is 0. The molecule has 1 aliphatic heterocycles. The smallest absolute Gasteiger partial charge is 0.201 e. The first kappa shape index (κ1) is 13.1. The highest BCUT2D eigenvalue weighted by atomic mass is 16.3.